The largest absolute Gasteiger partial charge is 0.478 e. The van der Waals surface area contributed by atoms with Gasteiger partial charge in [0.05, 0.1) is 0 Å². The van der Waals surface area contributed by atoms with E-state index < -0.39 is 12.1 Å². The van der Waals surface area contributed by atoms with Crippen molar-refractivity contribution >= 4 is 28.6 Å². The molecule has 0 bridgehead atoms. The van der Waals surface area contributed by atoms with Crippen molar-refractivity contribution in [3.05, 3.63) is 63.2 Å². The zero-order chi connectivity index (χ0) is 14.5. The van der Waals surface area contributed by atoms with Gasteiger partial charge < -0.3 is 9.84 Å². The van der Waals surface area contributed by atoms with Gasteiger partial charge in [-0.3, -0.25) is 0 Å². The first-order valence-corrected chi connectivity index (χ1v) is 7.33. The van der Waals surface area contributed by atoms with Gasteiger partial charge in [0, 0.05) is 9.99 Å². The predicted octanol–water partition coefficient (Wildman–Crippen LogP) is 3.67. The van der Waals surface area contributed by atoms with E-state index in [9.17, 15) is 9.90 Å². The van der Waals surface area contributed by atoms with Crippen molar-refractivity contribution in [3.63, 3.8) is 0 Å². The van der Waals surface area contributed by atoms with Crippen LogP contribution >= 0.6 is 22.6 Å². The number of rotatable bonds is 5. The van der Waals surface area contributed by atoms with Crippen molar-refractivity contribution in [1.29, 1.82) is 0 Å². The van der Waals surface area contributed by atoms with Crippen LogP contribution in [-0.2, 0) is 11.2 Å². The van der Waals surface area contributed by atoms with Crippen LogP contribution in [0.5, 0.6) is 5.75 Å². The highest BCUT2D eigenvalue weighted by Crippen LogP contribution is 2.17. The standard InChI is InChI=1S/C16H15IO3/c1-11-3-2-4-14(9-11)20-15(16(18)19)10-12-5-7-13(17)8-6-12/h2-9,15H,10H2,1H3,(H,18,19). The Bertz CT molecular complexity index is 593. The van der Waals surface area contributed by atoms with E-state index in [-0.39, 0.29) is 0 Å². The normalized spacial score (nSPS) is 11.9. The number of hydrogen-bond donors (Lipinski definition) is 1. The topological polar surface area (TPSA) is 46.5 Å². The highest BCUT2D eigenvalue weighted by atomic mass is 127. The second kappa shape index (κ2) is 6.74. The fraction of sp³-hybridized carbons (Fsp3) is 0.188. The van der Waals surface area contributed by atoms with Gasteiger partial charge in [0.25, 0.3) is 0 Å². The number of aryl methyl sites for hydroxylation is 1. The summed E-state index contributed by atoms with van der Waals surface area (Å²) in [6, 6.07) is 15.2. The number of aliphatic carboxylic acids is 1. The lowest BCUT2D eigenvalue weighted by Gasteiger charge is -2.15. The summed E-state index contributed by atoms with van der Waals surface area (Å²) in [5.41, 5.74) is 1.99. The summed E-state index contributed by atoms with van der Waals surface area (Å²) in [6.07, 6.45) is -0.530. The molecule has 0 aromatic heterocycles. The minimum absolute atomic E-state index is 0.347. The Balaban J connectivity index is 2.11. The molecule has 0 aliphatic rings. The first-order valence-electron chi connectivity index (χ1n) is 6.25. The molecule has 0 saturated heterocycles. The lowest BCUT2D eigenvalue weighted by atomic mass is 10.1. The maximum absolute atomic E-state index is 11.3. The Morgan fingerprint density at radius 1 is 1.25 bits per heavy atom. The summed E-state index contributed by atoms with van der Waals surface area (Å²) < 4.78 is 6.71. The first kappa shape index (κ1) is 14.8. The average Bonchev–Trinajstić information content (AvgIpc) is 2.40. The quantitative estimate of drug-likeness (QED) is 0.803. The fourth-order valence-electron chi connectivity index (χ4n) is 1.87. The molecule has 3 nitrogen and oxygen atoms in total. The molecule has 1 unspecified atom stereocenters. The molecule has 0 spiro atoms. The van der Waals surface area contributed by atoms with Crippen molar-refractivity contribution in [2.45, 2.75) is 19.4 Å². The SMILES string of the molecule is Cc1cccc(OC(Cc2ccc(I)cc2)C(=O)O)c1. The average molecular weight is 382 g/mol. The van der Waals surface area contributed by atoms with E-state index in [4.69, 9.17) is 4.74 Å². The zero-order valence-electron chi connectivity index (χ0n) is 11.0. The summed E-state index contributed by atoms with van der Waals surface area (Å²) in [5.74, 6) is -0.368. The Kier molecular flexibility index (Phi) is 5.00. The van der Waals surface area contributed by atoms with Crippen molar-refractivity contribution in [2.75, 3.05) is 0 Å². The highest BCUT2D eigenvalue weighted by molar-refractivity contribution is 14.1. The van der Waals surface area contributed by atoms with E-state index in [1.807, 2.05) is 49.4 Å². The molecule has 1 atom stereocenters. The number of benzene rings is 2. The van der Waals surface area contributed by atoms with Crippen LogP contribution in [0.4, 0.5) is 0 Å². The minimum atomic E-state index is -0.954. The lowest BCUT2D eigenvalue weighted by Crippen LogP contribution is -2.29. The molecular weight excluding hydrogens is 367 g/mol. The number of carboxylic acid groups (broad SMARTS) is 1. The number of ether oxygens (including phenoxy) is 1. The lowest BCUT2D eigenvalue weighted by molar-refractivity contribution is -0.145. The summed E-state index contributed by atoms with van der Waals surface area (Å²) in [7, 11) is 0. The second-order valence-electron chi connectivity index (χ2n) is 4.59. The Labute approximate surface area is 131 Å². The van der Waals surface area contributed by atoms with Gasteiger partial charge >= 0.3 is 5.97 Å². The summed E-state index contributed by atoms with van der Waals surface area (Å²) >= 11 is 2.22. The van der Waals surface area contributed by atoms with Crippen LogP contribution in [0.15, 0.2) is 48.5 Å². The van der Waals surface area contributed by atoms with Gasteiger partial charge in [-0.15, -0.1) is 0 Å². The number of hydrogen-bond acceptors (Lipinski definition) is 2. The van der Waals surface area contributed by atoms with E-state index in [1.165, 1.54) is 0 Å². The maximum Gasteiger partial charge on any atom is 0.345 e. The van der Waals surface area contributed by atoms with Gasteiger partial charge in [0.2, 0.25) is 0 Å². The molecule has 20 heavy (non-hydrogen) atoms. The van der Waals surface area contributed by atoms with Gasteiger partial charge in [-0.25, -0.2) is 4.79 Å². The molecule has 0 fully saturated rings. The van der Waals surface area contributed by atoms with Crippen LogP contribution < -0.4 is 4.74 Å². The monoisotopic (exact) mass is 382 g/mol. The highest BCUT2D eigenvalue weighted by Gasteiger charge is 2.20. The number of carbonyl (C=O) groups is 1. The van der Waals surface area contributed by atoms with Crippen LogP contribution in [-0.4, -0.2) is 17.2 Å². The summed E-state index contributed by atoms with van der Waals surface area (Å²) in [6.45, 7) is 1.95. The molecule has 0 saturated carbocycles. The van der Waals surface area contributed by atoms with Gasteiger partial charge in [0.1, 0.15) is 5.75 Å². The van der Waals surface area contributed by atoms with E-state index in [2.05, 4.69) is 22.6 Å². The van der Waals surface area contributed by atoms with Gasteiger partial charge in [-0.1, -0.05) is 24.3 Å². The molecule has 0 heterocycles. The Hall–Kier alpha value is -1.56. The molecule has 1 N–H and O–H groups in total. The van der Waals surface area contributed by atoms with E-state index in [0.29, 0.717) is 12.2 Å². The molecule has 2 aromatic rings. The van der Waals surface area contributed by atoms with Crippen LogP contribution in [0.3, 0.4) is 0 Å². The molecule has 104 valence electrons. The smallest absolute Gasteiger partial charge is 0.345 e. The van der Waals surface area contributed by atoms with Crippen molar-refractivity contribution < 1.29 is 14.6 Å². The predicted molar refractivity (Wildman–Crippen MR) is 86.1 cm³/mol. The number of halogens is 1. The third-order valence-corrected chi connectivity index (χ3v) is 3.60. The molecular formula is C16H15IO3. The van der Waals surface area contributed by atoms with Gasteiger partial charge in [-0.2, -0.15) is 0 Å². The maximum atomic E-state index is 11.3. The van der Waals surface area contributed by atoms with E-state index in [1.54, 1.807) is 6.07 Å². The van der Waals surface area contributed by atoms with Crippen molar-refractivity contribution in [3.8, 4) is 5.75 Å². The van der Waals surface area contributed by atoms with Crippen LogP contribution in [0.25, 0.3) is 0 Å². The Morgan fingerprint density at radius 2 is 1.95 bits per heavy atom. The molecule has 2 aromatic carbocycles. The van der Waals surface area contributed by atoms with Gasteiger partial charge in [0.15, 0.2) is 6.10 Å². The van der Waals surface area contributed by atoms with Crippen LogP contribution in [0, 0.1) is 10.5 Å². The Morgan fingerprint density at radius 3 is 2.55 bits per heavy atom. The van der Waals surface area contributed by atoms with Crippen LogP contribution in [0.2, 0.25) is 0 Å². The van der Waals surface area contributed by atoms with Crippen molar-refractivity contribution in [1.82, 2.24) is 0 Å². The second-order valence-corrected chi connectivity index (χ2v) is 5.84. The minimum Gasteiger partial charge on any atom is -0.478 e. The summed E-state index contributed by atoms with van der Waals surface area (Å²) in [4.78, 5) is 11.3. The van der Waals surface area contributed by atoms with E-state index in [0.717, 1.165) is 14.7 Å². The van der Waals surface area contributed by atoms with Crippen molar-refractivity contribution in [2.24, 2.45) is 0 Å². The summed E-state index contributed by atoms with van der Waals surface area (Å²) in [5, 5.41) is 9.29. The van der Waals surface area contributed by atoms with Crippen LogP contribution in [0.1, 0.15) is 11.1 Å². The number of carboxylic acids is 1. The third-order valence-electron chi connectivity index (χ3n) is 2.88. The first-order chi connectivity index (χ1) is 9.54. The molecule has 4 heteroatoms. The third kappa shape index (κ3) is 4.23. The molecule has 2 rings (SSSR count). The molecule has 0 radical (unpaired) electrons. The zero-order valence-corrected chi connectivity index (χ0v) is 13.2. The van der Waals surface area contributed by atoms with E-state index >= 15 is 0 Å². The molecule has 0 amide bonds. The van der Waals surface area contributed by atoms with Gasteiger partial charge in [-0.05, 0) is 64.9 Å². The fourth-order valence-corrected chi connectivity index (χ4v) is 2.23. The molecule has 0 aliphatic heterocycles. The molecule has 0 aliphatic carbocycles.